The summed E-state index contributed by atoms with van der Waals surface area (Å²) in [6.45, 7) is 0.159. The highest BCUT2D eigenvalue weighted by Gasteiger charge is 2.30. The molecule has 5 heteroatoms. The van der Waals surface area contributed by atoms with Crippen LogP contribution in [0, 0.1) is 5.92 Å². The minimum absolute atomic E-state index is 0.109. The molecule has 0 amide bonds. The van der Waals surface area contributed by atoms with Crippen LogP contribution in [-0.2, 0) is 9.53 Å². The van der Waals surface area contributed by atoms with Gasteiger partial charge in [-0.3, -0.25) is 9.59 Å². The van der Waals surface area contributed by atoms with Crippen LogP contribution in [0.1, 0.15) is 16.8 Å². The lowest BCUT2D eigenvalue weighted by Crippen LogP contribution is -2.14. The van der Waals surface area contributed by atoms with E-state index in [0.29, 0.717) is 17.1 Å². The molecule has 96 valence electrons. The summed E-state index contributed by atoms with van der Waals surface area (Å²) in [5, 5.41) is 0. The Morgan fingerprint density at radius 1 is 1.28 bits per heavy atom. The molecule has 2 rings (SSSR count). The van der Waals surface area contributed by atoms with Crippen molar-refractivity contribution in [1.29, 1.82) is 0 Å². The van der Waals surface area contributed by atoms with E-state index in [1.807, 2.05) is 0 Å². The Labute approximate surface area is 105 Å². The van der Waals surface area contributed by atoms with Gasteiger partial charge in [0.2, 0.25) is 0 Å². The number of esters is 1. The number of benzene rings is 1. The van der Waals surface area contributed by atoms with Gasteiger partial charge in [0.1, 0.15) is 6.61 Å². The van der Waals surface area contributed by atoms with Gasteiger partial charge in [0.15, 0.2) is 17.3 Å². The summed E-state index contributed by atoms with van der Waals surface area (Å²) in [6.07, 6.45) is 0.146. The van der Waals surface area contributed by atoms with E-state index < -0.39 is 5.92 Å². The van der Waals surface area contributed by atoms with Crippen LogP contribution < -0.4 is 9.47 Å². The summed E-state index contributed by atoms with van der Waals surface area (Å²) in [5.74, 6) is 0.229. The molecule has 0 unspecified atom stereocenters. The molecule has 1 aromatic rings. The smallest absolute Gasteiger partial charge is 0.306 e. The highest BCUT2D eigenvalue weighted by atomic mass is 16.5. The number of carbonyl (C=O) groups excluding carboxylic acids is 2. The number of hydrogen-bond donors (Lipinski definition) is 0. The normalized spacial score (nSPS) is 18.3. The van der Waals surface area contributed by atoms with Gasteiger partial charge in [0.05, 0.1) is 26.6 Å². The Hall–Kier alpha value is -2.04. The quantitative estimate of drug-likeness (QED) is 0.598. The zero-order chi connectivity index (χ0) is 13.1. The Morgan fingerprint density at radius 3 is 2.56 bits per heavy atom. The van der Waals surface area contributed by atoms with Crippen molar-refractivity contribution in [2.24, 2.45) is 5.92 Å². The number of ketones is 1. The fourth-order valence-electron chi connectivity index (χ4n) is 1.91. The molecule has 0 aliphatic carbocycles. The molecule has 1 saturated heterocycles. The molecule has 0 spiro atoms. The van der Waals surface area contributed by atoms with Crippen LogP contribution in [0.15, 0.2) is 18.2 Å². The first-order valence-corrected chi connectivity index (χ1v) is 5.57. The first kappa shape index (κ1) is 12.4. The summed E-state index contributed by atoms with van der Waals surface area (Å²) >= 11 is 0. The van der Waals surface area contributed by atoms with Gasteiger partial charge in [-0.05, 0) is 18.2 Å². The van der Waals surface area contributed by atoms with Gasteiger partial charge in [-0.1, -0.05) is 0 Å². The maximum Gasteiger partial charge on any atom is 0.306 e. The number of rotatable bonds is 4. The zero-order valence-corrected chi connectivity index (χ0v) is 10.3. The van der Waals surface area contributed by atoms with Crippen LogP contribution in [0.4, 0.5) is 0 Å². The molecular weight excluding hydrogens is 236 g/mol. The lowest BCUT2D eigenvalue weighted by atomic mass is 9.96. The van der Waals surface area contributed by atoms with Crippen molar-refractivity contribution in [1.82, 2.24) is 0 Å². The molecule has 0 saturated carbocycles. The molecule has 0 aromatic heterocycles. The fourth-order valence-corrected chi connectivity index (χ4v) is 1.91. The molecule has 1 atom stereocenters. The number of Topliss-reactive ketones (excluding diaryl/α,β-unsaturated/α-hetero) is 1. The highest BCUT2D eigenvalue weighted by molar-refractivity contribution is 6.01. The van der Waals surface area contributed by atoms with Gasteiger partial charge in [-0.15, -0.1) is 0 Å². The number of carbonyl (C=O) groups is 2. The molecule has 1 aliphatic rings. The fraction of sp³-hybridized carbons (Fsp3) is 0.385. The SMILES string of the molecule is COc1ccc(C(=O)[C@@H]2COC(=O)C2)cc1OC. The summed E-state index contributed by atoms with van der Waals surface area (Å²) < 4.78 is 15.0. The van der Waals surface area contributed by atoms with Gasteiger partial charge in [0.25, 0.3) is 0 Å². The standard InChI is InChI=1S/C13H14O5/c1-16-10-4-3-8(5-11(10)17-2)13(15)9-6-12(14)18-7-9/h3-5,9H,6-7H2,1-2H3/t9-/m0/s1. The summed E-state index contributed by atoms with van der Waals surface area (Å²) in [5.41, 5.74) is 0.496. The topological polar surface area (TPSA) is 61.8 Å². The van der Waals surface area contributed by atoms with E-state index >= 15 is 0 Å². The first-order chi connectivity index (χ1) is 8.65. The molecule has 1 fully saturated rings. The molecule has 18 heavy (non-hydrogen) atoms. The van der Waals surface area contributed by atoms with E-state index in [1.54, 1.807) is 18.2 Å². The van der Waals surface area contributed by atoms with E-state index in [1.165, 1.54) is 14.2 Å². The Kier molecular flexibility index (Phi) is 3.50. The zero-order valence-electron chi connectivity index (χ0n) is 10.3. The molecule has 0 radical (unpaired) electrons. The van der Waals surface area contributed by atoms with Crippen molar-refractivity contribution in [2.75, 3.05) is 20.8 Å². The lowest BCUT2D eigenvalue weighted by molar-refractivity contribution is -0.137. The minimum Gasteiger partial charge on any atom is -0.493 e. The van der Waals surface area contributed by atoms with Gasteiger partial charge in [-0.25, -0.2) is 0 Å². The molecule has 1 heterocycles. The maximum atomic E-state index is 12.1. The number of methoxy groups -OCH3 is 2. The van der Waals surface area contributed by atoms with Crippen molar-refractivity contribution < 1.29 is 23.8 Å². The predicted molar refractivity (Wildman–Crippen MR) is 62.9 cm³/mol. The van der Waals surface area contributed by atoms with Crippen LogP contribution in [0.2, 0.25) is 0 Å². The van der Waals surface area contributed by atoms with E-state index in [9.17, 15) is 9.59 Å². The van der Waals surface area contributed by atoms with Gasteiger partial charge in [0, 0.05) is 5.56 Å². The molecule has 0 N–H and O–H groups in total. The number of cyclic esters (lactones) is 1. The Morgan fingerprint density at radius 2 is 2.00 bits per heavy atom. The Bertz CT molecular complexity index is 480. The van der Waals surface area contributed by atoms with Crippen molar-refractivity contribution in [2.45, 2.75) is 6.42 Å². The van der Waals surface area contributed by atoms with Gasteiger partial charge < -0.3 is 14.2 Å². The lowest BCUT2D eigenvalue weighted by Gasteiger charge is -2.10. The highest BCUT2D eigenvalue weighted by Crippen LogP contribution is 2.29. The third kappa shape index (κ3) is 2.30. The third-order valence-electron chi connectivity index (χ3n) is 2.90. The van der Waals surface area contributed by atoms with Crippen LogP contribution in [-0.4, -0.2) is 32.6 Å². The number of hydrogen-bond acceptors (Lipinski definition) is 5. The second-order valence-electron chi connectivity index (χ2n) is 4.02. The monoisotopic (exact) mass is 250 g/mol. The third-order valence-corrected chi connectivity index (χ3v) is 2.90. The van der Waals surface area contributed by atoms with Gasteiger partial charge in [-0.2, -0.15) is 0 Å². The largest absolute Gasteiger partial charge is 0.493 e. The molecule has 5 nitrogen and oxygen atoms in total. The predicted octanol–water partition coefficient (Wildman–Crippen LogP) is 1.45. The van der Waals surface area contributed by atoms with Crippen molar-refractivity contribution >= 4 is 11.8 Å². The second kappa shape index (κ2) is 5.08. The first-order valence-electron chi connectivity index (χ1n) is 5.57. The molecule has 0 bridgehead atoms. The summed E-state index contributed by atoms with van der Waals surface area (Å²) in [7, 11) is 3.04. The van der Waals surface area contributed by atoms with Crippen LogP contribution >= 0.6 is 0 Å². The average Bonchev–Trinajstić information content (AvgIpc) is 2.83. The van der Waals surface area contributed by atoms with E-state index in [2.05, 4.69) is 0 Å². The summed E-state index contributed by atoms with van der Waals surface area (Å²) in [6, 6.07) is 4.94. The van der Waals surface area contributed by atoms with Crippen LogP contribution in [0.5, 0.6) is 11.5 Å². The van der Waals surface area contributed by atoms with Gasteiger partial charge >= 0.3 is 5.97 Å². The van der Waals surface area contributed by atoms with E-state index in [-0.39, 0.29) is 24.8 Å². The number of ether oxygens (including phenoxy) is 3. The summed E-state index contributed by atoms with van der Waals surface area (Å²) in [4.78, 5) is 23.1. The maximum absolute atomic E-state index is 12.1. The van der Waals surface area contributed by atoms with Crippen LogP contribution in [0.3, 0.4) is 0 Å². The van der Waals surface area contributed by atoms with Crippen LogP contribution in [0.25, 0.3) is 0 Å². The van der Waals surface area contributed by atoms with Crippen molar-refractivity contribution in [3.8, 4) is 11.5 Å². The van der Waals surface area contributed by atoms with Crippen molar-refractivity contribution in [3.63, 3.8) is 0 Å². The van der Waals surface area contributed by atoms with E-state index in [0.717, 1.165) is 0 Å². The average molecular weight is 250 g/mol. The minimum atomic E-state index is -0.393. The van der Waals surface area contributed by atoms with E-state index in [4.69, 9.17) is 14.2 Å². The Balaban J connectivity index is 2.23. The molecule has 1 aromatic carbocycles. The van der Waals surface area contributed by atoms with Crippen molar-refractivity contribution in [3.05, 3.63) is 23.8 Å². The second-order valence-corrected chi connectivity index (χ2v) is 4.02. The molecular formula is C13H14O5. The molecule has 1 aliphatic heterocycles.